The molecule has 0 unspecified atom stereocenters. The zero-order valence-electron chi connectivity index (χ0n) is 8.68. The summed E-state index contributed by atoms with van der Waals surface area (Å²) in [6.45, 7) is 0. The van der Waals surface area contributed by atoms with E-state index in [2.05, 4.69) is 15.5 Å². The first-order valence-electron chi connectivity index (χ1n) is 4.46. The van der Waals surface area contributed by atoms with E-state index in [0.29, 0.717) is 32.8 Å². The summed E-state index contributed by atoms with van der Waals surface area (Å²) >= 11 is 1.84. The van der Waals surface area contributed by atoms with Crippen LogP contribution in [0.4, 0.5) is 0 Å². The van der Waals surface area contributed by atoms with E-state index in [9.17, 15) is 8.42 Å². The van der Waals surface area contributed by atoms with Gasteiger partial charge in [0.05, 0.1) is 0 Å². The first-order valence-corrected chi connectivity index (χ1v) is 7.67. The van der Waals surface area contributed by atoms with Crippen molar-refractivity contribution in [2.75, 3.05) is 0 Å². The van der Waals surface area contributed by atoms with Crippen LogP contribution in [0, 0.1) is 0 Å². The Hall–Kier alpha value is -0.450. The van der Waals surface area contributed by atoms with Gasteiger partial charge in [-0.1, -0.05) is 0 Å². The van der Waals surface area contributed by atoms with Gasteiger partial charge in [-0.2, -0.15) is 0 Å². The Morgan fingerprint density at radius 2 is 2.12 bits per heavy atom. The maximum absolute atomic E-state index is 11.1. The van der Waals surface area contributed by atoms with E-state index in [1.807, 2.05) is 6.07 Å². The minimum absolute atomic E-state index is 0.111. The molecule has 84 valence electrons. The Bertz CT molecular complexity index is 629. The minimum atomic E-state index is -4.18. The molecule has 1 heterocycles. The van der Waals surface area contributed by atoms with Gasteiger partial charge in [0.25, 0.3) is 0 Å². The van der Waals surface area contributed by atoms with E-state index in [4.69, 9.17) is 4.55 Å². The van der Waals surface area contributed by atoms with Crippen molar-refractivity contribution in [3.63, 3.8) is 0 Å². The zero-order valence-corrected chi connectivity index (χ0v) is 12.3. The van der Waals surface area contributed by atoms with Gasteiger partial charge in [-0.3, -0.25) is 0 Å². The van der Waals surface area contributed by atoms with Crippen molar-refractivity contribution in [3.05, 3.63) is 24.5 Å². The van der Waals surface area contributed by atoms with Gasteiger partial charge in [-0.05, 0) is 0 Å². The number of nitrogens with zero attached hydrogens (tertiary/aromatic N) is 4. The first-order chi connectivity index (χ1) is 7.95. The maximum atomic E-state index is 11.1. The Morgan fingerprint density at radius 1 is 1.35 bits per heavy atom. The SMILES string of the molecule is O=S(=O)(O)c1c[c]([Na])cc(Sn2cnnn2)c1. The molecule has 10 heteroatoms. The van der Waals surface area contributed by atoms with E-state index in [1.165, 1.54) is 34.5 Å². The number of hydrogen-bond acceptors (Lipinski definition) is 6. The van der Waals surface area contributed by atoms with Gasteiger partial charge in [0.1, 0.15) is 0 Å². The summed E-state index contributed by atoms with van der Waals surface area (Å²) in [5.41, 5.74) is 0. The van der Waals surface area contributed by atoms with Gasteiger partial charge in [-0.15, -0.1) is 0 Å². The van der Waals surface area contributed by atoms with Gasteiger partial charge < -0.3 is 0 Å². The molecule has 0 aliphatic heterocycles. The Kier molecular flexibility index (Phi) is 3.85. The third-order valence-electron chi connectivity index (χ3n) is 1.85. The molecule has 0 fully saturated rings. The van der Waals surface area contributed by atoms with Crippen molar-refractivity contribution >= 4 is 52.8 Å². The van der Waals surface area contributed by atoms with Crippen molar-refractivity contribution in [2.24, 2.45) is 0 Å². The van der Waals surface area contributed by atoms with E-state index in [-0.39, 0.29) is 4.90 Å². The predicted molar refractivity (Wildman–Crippen MR) is 60.7 cm³/mol. The first kappa shape index (κ1) is 13.0. The summed E-state index contributed by atoms with van der Waals surface area (Å²) in [5, 5.41) is 10.6. The van der Waals surface area contributed by atoms with Crippen LogP contribution >= 0.6 is 11.9 Å². The molecule has 0 aliphatic carbocycles. The zero-order chi connectivity index (χ0) is 12.5. The van der Waals surface area contributed by atoms with Gasteiger partial charge in [0.2, 0.25) is 0 Å². The quantitative estimate of drug-likeness (QED) is 0.584. The summed E-state index contributed by atoms with van der Waals surface area (Å²) in [6, 6.07) is 4.65. The normalized spacial score (nSPS) is 11.7. The molecule has 0 spiro atoms. The number of rotatable bonds is 3. The number of benzene rings is 1. The summed E-state index contributed by atoms with van der Waals surface area (Å²) in [5.74, 6) is 0. The van der Waals surface area contributed by atoms with Crippen LogP contribution in [-0.2, 0) is 10.1 Å². The van der Waals surface area contributed by atoms with Crippen LogP contribution in [0.3, 0.4) is 0 Å². The molecule has 1 aromatic heterocycles. The topological polar surface area (TPSA) is 98.0 Å². The standard InChI is InChI=1S/C7H5N4O3S2.Na/c12-16(13,14)7-3-1-2-6(4-7)15-11-5-8-9-10-11;/h2-5H,(H,12,13,14);. The summed E-state index contributed by atoms with van der Waals surface area (Å²) in [6.07, 6.45) is 1.40. The molecule has 17 heavy (non-hydrogen) atoms. The van der Waals surface area contributed by atoms with Crippen molar-refractivity contribution in [1.29, 1.82) is 0 Å². The van der Waals surface area contributed by atoms with Crippen molar-refractivity contribution < 1.29 is 13.0 Å². The molecule has 2 rings (SSSR count). The summed E-state index contributed by atoms with van der Waals surface area (Å²) < 4.78 is 33.4. The van der Waals surface area contributed by atoms with Crippen LogP contribution in [-0.4, -0.2) is 60.5 Å². The molecule has 1 N–H and O–H groups in total. The molecule has 0 amide bonds. The molecular formula is C7H5N4NaO3S2. The Labute approximate surface area is 119 Å². The van der Waals surface area contributed by atoms with Gasteiger partial charge in [-0.25, -0.2) is 0 Å². The molecule has 0 aliphatic rings. The Balaban J connectivity index is 2.39. The van der Waals surface area contributed by atoms with E-state index in [0.717, 1.165) is 2.81 Å². The van der Waals surface area contributed by atoms with Gasteiger partial charge >= 0.3 is 120 Å². The third kappa shape index (κ3) is 3.50. The number of aromatic nitrogens is 4. The van der Waals surface area contributed by atoms with Crippen LogP contribution in [0.15, 0.2) is 34.3 Å². The fourth-order valence-electron chi connectivity index (χ4n) is 1.22. The van der Waals surface area contributed by atoms with Gasteiger partial charge in [0, 0.05) is 0 Å². The van der Waals surface area contributed by atoms with Crippen molar-refractivity contribution in [2.45, 2.75) is 9.79 Å². The second-order valence-corrected chi connectivity index (χ2v) is 6.86. The molecule has 7 nitrogen and oxygen atoms in total. The number of tetrazole rings is 1. The second-order valence-electron chi connectivity index (χ2n) is 3.26. The third-order valence-corrected chi connectivity index (χ3v) is 4.06. The van der Waals surface area contributed by atoms with Gasteiger partial charge in [0.15, 0.2) is 0 Å². The molecule has 0 saturated heterocycles. The van der Waals surface area contributed by atoms with Crippen LogP contribution in [0.2, 0.25) is 0 Å². The van der Waals surface area contributed by atoms with Crippen molar-refractivity contribution in [3.8, 4) is 0 Å². The molecule has 1 aromatic carbocycles. The summed E-state index contributed by atoms with van der Waals surface area (Å²) in [4.78, 5) is 0.540. The van der Waals surface area contributed by atoms with Crippen LogP contribution in [0.1, 0.15) is 0 Å². The van der Waals surface area contributed by atoms with E-state index in [1.54, 1.807) is 0 Å². The fraction of sp³-hybridized carbons (Fsp3) is 0. The molecular weight excluding hydrogens is 275 g/mol. The molecule has 2 aromatic rings. The monoisotopic (exact) mass is 280 g/mol. The van der Waals surface area contributed by atoms with E-state index < -0.39 is 10.1 Å². The average Bonchev–Trinajstić information content (AvgIpc) is 2.68. The number of hydrogen-bond donors (Lipinski definition) is 1. The molecule has 0 atom stereocenters. The van der Waals surface area contributed by atoms with Crippen LogP contribution in [0.5, 0.6) is 0 Å². The predicted octanol–water partition coefficient (Wildman–Crippen LogP) is -0.731. The van der Waals surface area contributed by atoms with Crippen LogP contribution < -0.4 is 2.81 Å². The molecule has 0 saturated carbocycles. The average molecular weight is 280 g/mol. The molecule has 0 bridgehead atoms. The fourth-order valence-corrected chi connectivity index (χ4v) is 3.74. The van der Waals surface area contributed by atoms with Crippen molar-refractivity contribution in [1.82, 2.24) is 19.6 Å². The Morgan fingerprint density at radius 3 is 2.71 bits per heavy atom. The van der Waals surface area contributed by atoms with Crippen LogP contribution in [0.25, 0.3) is 0 Å². The summed E-state index contributed by atoms with van der Waals surface area (Å²) in [7, 11) is -4.18. The molecule has 0 radical (unpaired) electrons. The van der Waals surface area contributed by atoms with E-state index >= 15 is 0 Å². The second kappa shape index (κ2) is 5.04.